The molecule has 2 amide bonds. The predicted octanol–water partition coefficient (Wildman–Crippen LogP) is 1.90. The second kappa shape index (κ2) is 6.74. The van der Waals surface area contributed by atoms with Gasteiger partial charge in [0.2, 0.25) is 0 Å². The zero-order valence-electron chi connectivity index (χ0n) is 11.4. The summed E-state index contributed by atoms with van der Waals surface area (Å²) in [5.41, 5.74) is 5.69. The van der Waals surface area contributed by atoms with E-state index < -0.39 is 0 Å². The number of carbonyl (C=O) groups excluding carboxylic acids is 1. The molecule has 0 aromatic rings. The van der Waals surface area contributed by atoms with Crippen LogP contribution in [0, 0.1) is 0 Å². The van der Waals surface area contributed by atoms with Gasteiger partial charge >= 0.3 is 6.03 Å². The van der Waals surface area contributed by atoms with E-state index in [4.69, 9.17) is 5.73 Å². The lowest BCUT2D eigenvalue weighted by Crippen LogP contribution is -2.58. The highest BCUT2D eigenvalue weighted by molar-refractivity contribution is 5.75. The van der Waals surface area contributed by atoms with Crippen LogP contribution in [0.3, 0.4) is 0 Å². The quantitative estimate of drug-likeness (QED) is 0.756. The van der Waals surface area contributed by atoms with Gasteiger partial charge in [-0.2, -0.15) is 0 Å². The normalized spacial score (nSPS) is 11.4. The topological polar surface area (TPSA) is 49.6 Å². The Hall–Kier alpha value is -0.770. The monoisotopic (exact) mass is 229 g/mol. The first-order valence-corrected chi connectivity index (χ1v) is 6.25. The molecule has 0 aliphatic carbocycles. The van der Waals surface area contributed by atoms with Crippen LogP contribution in [0.4, 0.5) is 4.79 Å². The summed E-state index contributed by atoms with van der Waals surface area (Å²) in [7, 11) is 1.83. The molecular formula is C12H27N3O. The largest absolute Gasteiger partial charge is 0.328 e. The second-order valence-corrected chi connectivity index (χ2v) is 4.18. The molecule has 0 aromatic carbocycles. The average Bonchev–Trinajstić information content (AvgIpc) is 2.34. The van der Waals surface area contributed by atoms with Gasteiger partial charge in [-0.15, -0.1) is 0 Å². The lowest BCUT2D eigenvalue weighted by atomic mass is 9.91. The summed E-state index contributed by atoms with van der Waals surface area (Å²) in [4.78, 5) is 15.9. The Bertz CT molecular complexity index is 206. The molecule has 0 heterocycles. The number of nitrogens with two attached hydrogens (primary N) is 1. The van der Waals surface area contributed by atoms with Crippen LogP contribution in [0.5, 0.6) is 0 Å². The van der Waals surface area contributed by atoms with Crippen LogP contribution >= 0.6 is 0 Å². The van der Waals surface area contributed by atoms with Crippen molar-refractivity contribution in [3.63, 3.8) is 0 Å². The summed E-state index contributed by atoms with van der Waals surface area (Å²) in [5.74, 6) is 0. The van der Waals surface area contributed by atoms with Crippen molar-refractivity contribution < 1.29 is 4.79 Å². The third-order valence-electron chi connectivity index (χ3n) is 3.62. The molecule has 4 nitrogen and oxygen atoms in total. The van der Waals surface area contributed by atoms with Crippen molar-refractivity contribution in [2.24, 2.45) is 5.73 Å². The Morgan fingerprint density at radius 2 is 1.62 bits per heavy atom. The zero-order chi connectivity index (χ0) is 12.8. The number of rotatable bonds is 6. The van der Waals surface area contributed by atoms with Crippen LogP contribution in [0.25, 0.3) is 0 Å². The van der Waals surface area contributed by atoms with Gasteiger partial charge in [0.1, 0.15) is 0 Å². The van der Waals surface area contributed by atoms with Gasteiger partial charge in [0, 0.05) is 26.7 Å². The van der Waals surface area contributed by atoms with Gasteiger partial charge in [0.15, 0.2) is 0 Å². The number of nitrogens with zero attached hydrogens (tertiary/aromatic N) is 2. The summed E-state index contributed by atoms with van der Waals surface area (Å²) in [6, 6.07) is 0.0825. The molecule has 0 aliphatic rings. The summed E-state index contributed by atoms with van der Waals surface area (Å²) >= 11 is 0. The van der Waals surface area contributed by atoms with Crippen molar-refractivity contribution in [3.8, 4) is 0 Å². The van der Waals surface area contributed by atoms with Gasteiger partial charge in [0.05, 0.1) is 5.54 Å². The third kappa shape index (κ3) is 2.88. The number of hydrogen-bond acceptors (Lipinski definition) is 2. The van der Waals surface area contributed by atoms with Crippen molar-refractivity contribution in [1.82, 2.24) is 9.80 Å². The van der Waals surface area contributed by atoms with Crippen molar-refractivity contribution in [3.05, 3.63) is 0 Å². The van der Waals surface area contributed by atoms with E-state index in [-0.39, 0.29) is 11.6 Å². The first-order valence-electron chi connectivity index (χ1n) is 6.25. The summed E-state index contributed by atoms with van der Waals surface area (Å²) in [6.45, 7) is 10.1. The molecule has 4 heteroatoms. The van der Waals surface area contributed by atoms with E-state index in [1.807, 2.05) is 25.8 Å². The Balaban J connectivity index is 5.00. The van der Waals surface area contributed by atoms with Crippen LogP contribution in [0.2, 0.25) is 0 Å². The Morgan fingerprint density at radius 1 is 1.12 bits per heavy atom. The van der Waals surface area contributed by atoms with Crippen LogP contribution in [-0.4, -0.2) is 48.1 Å². The van der Waals surface area contributed by atoms with Crippen molar-refractivity contribution in [2.45, 2.75) is 46.1 Å². The van der Waals surface area contributed by atoms with Crippen molar-refractivity contribution in [2.75, 3.05) is 26.7 Å². The van der Waals surface area contributed by atoms with Gasteiger partial charge in [-0.25, -0.2) is 4.79 Å². The van der Waals surface area contributed by atoms with E-state index in [1.165, 1.54) is 0 Å². The SMILES string of the molecule is CCN(C)C(=O)N(CC)C(CC)(CC)CN. The highest BCUT2D eigenvalue weighted by atomic mass is 16.2. The van der Waals surface area contributed by atoms with E-state index in [2.05, 4.69) is 13.8 Å². The molecule has 0 aliphatic heterocycles. The Labute approximate surface area is 99.8 Å². The predicted molar refractivity (Wildman–Crippen MR) is 68.4 cm³/mol. The molecule has 16 heavy (non-hydrogen) atoms. The molecular weight excluding hydrogens is 202 g/mol. The van der Waals surface area contributed by atoms with Crippen molar-refractivity contribution >= 4 is 6.03 Å². The molecule has 96 valence electrons. The van der Waals surface area contributed by atoms with E-state index in [0.29, 0.717) is 13.1 Å². The third-order valence-corrected chi connectivity index (χ3v) is 3.62. The molecule has 0 radical (unpaired) electrons. The molecule has 0 aromatic heterocycles. The van der Waals surface area contributed by atoms with Crippen LogP contribution < -0.4 is 5.73 Å². The molecule has 2 N–H and O–H groups in total. The zero-order valence-corrected chi connectivity index (χ0v) is 11.4. The molecule has 0 saturated carbocycles. The molecule has 0 bridgehead atoms. The summed E-state index contributed by atoms with van der Waals surface area (Å²) < 4.78 is 0. The van der Waals surface area contributed by atoms with E-state index in [9.17, 15) is 4.79 Å². The number of likely N-dealkylation sites (N-methyl/N-ethyl adjacent to an activating group) is 1. The Morgan fingerprint density at radius 3 is 1.88 bits per heavy atom. The Kier molecular flexibility index (Phi) is 6.41. The lowest BCUT2D eigenvalue weighted by Gasteiger charge is -2.43. The molecule has 0 rings (SSSR count). The maximum absolute atomic E-state index is 12.2. The minimum Gasteiger partial charge on any atom is -0.328 e. The number of amides is 2. The second-order valence-electron chi connectivity index (χ2n) is 4.18. The van der Waals surface area contributed by atoms with Crippen LogP contribution in [-0.2, 0) is 0 Å². The van der Waals surface area contributed by atoms with Crippen LogP contribution in [0.15, 0.2) is 0 Å². The van der Waals surface area contributed by atoms with Gasteiger partial charge in [-0.3, -0.25) is 0 Å². The smallest absolute Gasteiger partial charge is 0.320 e. The maximum atomic E-state index is 12.2. The van der Waals surface area contributed by atoms with Gasteiger partial charge in [-0.1, -0.05) is 13.8 Å². The average molecular weight is 229 g/mol. The fourth-order valence-electron chi connectivity index (χ4n) is 2.05. The first kappa shape index (κ1) is 15.2. The minimum atomic E-state index is -0.185. The van der Waals surface area contributed by atoms with E-state index in [0.717, 1.165) is 19.4 Å². The highest BCUT2D eigenvalue weighted by Gasteiger charge is 2.35. The van der Waals surface area contributed by atoms with E-state index >= 15 is 0 Å². The number of hydrogen-bond donors (Lipinski definition) is 1. The van der Waals surface area contributed by atoms with Crippen molar-refractivity contribution in [1.29, 1.82) is 0 Å². The maximum Gasteiger partial charge on any atom is 0.320 e. The molecule has 0 spiro atoms. The lowest BCUT2D eigenvalue weighted by molar-refractivity contribution is 0.0914. The highest BCUT2D eigenvalue weighted by Crippen LogP contribution is 2.23. The fraction of sp³-hybridized carbons (Fsp3) is 0.917. The summed E-state index contributed by atoms with van der Waals surface area (Å²) in [6.07, 6.45) is 1.80. The standard InChI is InChI=1S/C12H27N3O/c1-6-12(7-2,10-13)15(9-4)11(16)14(5)8-3/h6-10,13H2,1-5H3. The first-order chi connectivity index (χ1) is 7.52. The fourth-order valence-corrected chi connectivity index (χ4v) is 2.05. The molecule has 0 unspecified atom stereocenters. The molecule has 0 saturated heterocycles. The minimum absolute atomic E-state index is 0.0825. The van der Waals surface area contributed by atoms with Crippen LogP contribution in [0.1, 0.15) is 40.5 Å². The number of urea groups is 1. The number of carbonyl (C=O) groups is 1. The van der Waals surface area contributed by atoms with Gasteiger partial charge in [0.25, 0.3) is 0 Å². The van der Waals surface area contributed by atoms with Gasteiger partial charge in [-0.05, 0) is 26.7 Å². The molecule has 0 atom stereocenters. The summed E-state index contributed by atoms with van der Waals surface area (Å²) in [5, 5.41) is 0. The molecule has 0 fully saturated rings. The van der Waals surface area contributed by atoms with E-state index in [1.54, 1.807) is 4.90 Å². The van der Waals surface area contributed by atoms with Gasteiger partial charge < -0.3 is 15.5 Å².